The normalized spacial score (nSPS) is 12.7. The molecule has 0 bridgehead atoms. The number of halogens is 3. The van der Waals surface area contributed by atoms with E-state index >= 15 is 0 Å². The van der Waals surface area contributed by atoms with Gasteiger partial charge < -0.3 is 4.42 Å². The fourth-order valence-corrected chi connectivity index (χ4v) is 3.72. The van der Waals surface area contributed by atoms with Crippen molar-refractivity contribution in [3.8, 4) is 0 Å². The minimum atomic E-state index is -4.57. The third kappa shape index (κ3) is 2.48. The molecule has 126 valence electrons. The van der Waals surface area contributed by atoms with Crippen LogP contribution < -0.4 is 5.56 Å². The summed E-state index contributed by atoms with van der Waals surface area (Å²) < 4.78 is 68.8. The number of hydrogen-bond acceptors (Lipinski definition) is 5. The van der Waals surface area contributed by atoms with Crippen LogP contribution in [-0.2, 0) is 16.0 Å². The summed E-state index contributed by atoms with van der Waals surface area (Å²) in [5.41, 5.74) is -1.91. The Morgan fingerprint density at radius 1 is 1.21 bits per heavy atom. The summed E-state index contributed by atoms with van der Waals surface area (Å²) in [4.78, 5) is 11.1. The topological polar surface area (TPSA) is 93.0 Å². The zero-order chi connectivity index (χ0) is 17.7. The molecule has 1 aromatic carbocycles. The number of H-pyrrole nitrogens is 1. The highest BCUT2D eigenvalue weighted by Gasteiger charge is 2.33. The molecule has 0 aliphatic rings. The van der Waals surface area contributed by atoms with Gasteiger partial charge in [0.15, 0.2) is 0 Å². The summed E-state index contributed by atoms with van der Waals surface area (Å²) in [5, 5.41) is 4.81. The Bertz CT molecular complexity index is 1100. The van der Waals surface area contributed by atoms with Crippen molar-refractivity contribution >= 4 is 20.8 Å². The predicted molar refractivity (Wildman–Crippen MR) is 76.3 cm³/mol. The van der Waals surface area contributed by atoms with Crippen molar-refractivity contribution in [2.45, 2.75) is 23.1 Å². The Labute approximate surface area is 132 Å². The van der Waals surface area contributed by atoms with Gasteiger partial charge in [0.1, 0.15) is 10.5 Å². The fraction of sp³-hybridized carbons (Fsp3) is 0.143. The summed E-state index contributed by atoms with van der Waals surface area (Å²) in [7, 11) is -4.34. The van der Waals surface area contributed by atoms with Gasteiger partial charge >= 0.3 is 6.18 Å². The zero-order valence-corrected chi connectivity index (χ0v) is 12.8. The molecule has 3 rings (SSSR count). The maximum atomic E-state index is 12.8. The van der Waals surface area contributed by atoms with Crippen LogP contribution in [0.15, 0.2) is 49.7 Å². The number of hydrogen-bond donors (Lipinski definition) is 1. The number of nitrogens with zero attached hydrogens (tertiary/aromatic N) is 1. The molecule has 0 aliphatic carbocycles. The van der Waals surface area contributed by atoms with Crippen LogP contribution in [0.5, 0.6) is 0 Å². The van der Waals surface area contributed by atoms with Crippen LogP contribution in [0.25, 0.3) is 11.0 Å². The molecule has 0 amide bonds. The largest absolute Gasteiger partial charge is 0.444 e. The predicted octanol–water partition coefficient (Wildman–Crippen LogP) is 2.68. The number of aromatic nitrogens is 2. The van der Waals surface area contributed by atoms with Crippen molar-refractivity contribution < 1.29 is 26.0 Å². The van der Waals surface area contributed by atoms with Crippen LogP contribution in [0.2, 0.25) is 0 Å². The van der Waals surface area contributed by atoms with E-state index in [0.717, 1.165) is 30.5 Å². The van der Waals surface area contributed by atoms with Gasteiger partial charge in [-0.25, -0.2) is 13.5 Å². The van der Waals surface area contributed by atoms with E-state index in [1.54, 1.807) is 0 Å². The van der Waals surface area contributed by atoms with Crippen LogP contribution in [0.3, 0.4) is 0 Å². The number of rotatable bonds is 2. The molecule has 6 nitrogen and oxygen atoms in total. The lowest BCUT2D eigenvalue weighted by molar-refractivity contribution is -0.137. The molecule has 1 N–H and O–H groups in total. The van der Waals surface area contributed by atoms with Crippen molar-refractivity contribution in [3.63, 3.8) is 0 Å². The van der Waals surface area contributed by atoms with Crippen LogP contribution in [0.4, 0.5) is 13.2 Å². The lowest BCUT2D eigenvalue weighted by atomic mass is 10.1. The van der Waals surface area contributed by atoms with E-state index in [0.29, 0.717) is 0 Å². The highest BCUT2D eigenvalue weighted by atomic mass is 32.2. The fourth-order valence-electron chi connectivity index (χ4n) is 2.27. The van der Waals surface area contributed by atoms with Crippen molar-refractivity contribution in [2.75, 3.05) is 0 Å². The third-order valence-corrected chi connectivity index (χ3v) is 5.22. The SMILES string of the molecule is Cc1c(S(=O)(=O)c2ccn[nH]c2=O)oc2ccc(C(F)(F)F)cc12. The van der Waals surface area contributed by atoms with Gasteiger partial charge in [0.25, 0.3) is 5.56 Å². The maximum Gasteiger partial charge on any atom is 0.416 e. The van der Waals surface area contributed by atoms with Gasteiger partial charge in [-0.3, -0.25) is 4.79 Å². The number of sulfone groups is 1. The molecule has 0 fully saturated rings. The Balaban J connectivity index is 2.26. The number of nitrogens with one attached hydrogen (secondary N) is 1. The van der Waals surface area contributed by atoms with Gasteiger partial charge in [-0.15, -0.1) is 0 Å². The molecular weight excluding hydrogens is 349 g/mol. The quantitative estimate of drug-likeness (QED) is 0.760. The van der Waals surface area contributed by atoms with Crippen LogP contribution in [0, 0.1) is 6.92 Å². The summed E-state index contributed by atoms with van der Waals surface area (Å²) in [5.74, 6) is 0. The Hall–Kier alpha value is -2.62. The first kappa shape index (κ1) is 16.2. The number of alkyl halides is 3. The molecule has 3 aromatic rings. The number of fused-ring (bicyclic) bond motifs is 1. The van der Waals surface area contributed by atoms with E-state index in [1.165, 1.54) is 6.92 Å². The first-order valence-corrected chi connectivity index (χ1v) is 8.00. The minimum Gasteiger partial charge on any atom is -0.444 e. The molecule has 2 aromatic heterocycles. The second-order valence-electron chi connectivity index (χ2n) is 4.98. The van der Waals surface area contributed by atoms with Crippen LogP contribution in [-0.4, -0.2) is 18.6 Å². The molecular formula is C14H9F3N2O4S. The number of furan rings is 1. The number of aromatic amines is 1. The lowest BCUT2D eigenvalue weighted by Gasteiger charge is -2.05. The van der Waals surface area contributed by atoms with Crippen LogP contribution >= 0.6 is 0 Å². The monoisotopic (exact) mass is 358 g/mol. The van der Waals surface area contributed by atoms with E-state index in [2.05, 4.69) is 5.10 Å². The Kier molecular flexibility index (Phi) is 3.52. The van der Waals surface area contributed by atoms with Crippen molar-refractivity contribution in [3.05, 3.63) is 51.9 Å². The third-order valence-electron chi connectivity index (χ3n) is 3.44. The van der Waals surface area contributed by atoms with Crippen LogP contribution in [0.1, 0.15) is 11.1 Å². The molecule has 0 radical (unpaired) electrons. The van der Waals surface area contributed by atoms with Gasteiger partial charge in [0, 0.05) is 17.1 Å². The Morgan fingerprint density at radius 3 is 2.54 bits per heavy atom. The van der Waals surface area contributed by atoms with E-state index in [1.807, 2.05) is 5.10 Å². The van der Waals surface area contributed by atoms with Gasteiger partial charge in [-0.05, 0) is 31.2 Å². The average Bonchev–Trinajstić information content (AvgIpc) is 2.84. The molecule has 0 spiro atoms. The average molecular weight is 358 g/mol. The van der Waals surface area contributed by atoms with E-state index in [-0.39, 0.29) is 16.5 Å². The van der Waals surface area contributed by atoms with Crippen molar-refractivity contribution in [1.82, 2.24) is 10.2 Å². The lowest BCUT2D eigenvalue weighted by Crippen LogP contribution is -2.18. The van der Waals surface area contributed by atoms with Gasteiger partial charge in [-0.2, -0.15) is 18.3 Å². The molecule has 2 heterocycles. The summed E-state index contributed by atoms with van der Waals surface area (Å²) in [6.07, 6.45) is -3.49. The molecule has 0 saturated heterocycles. The molecule has 0 saturated carbocycles. The van der Waals surface area contributed by atoms with Crippen molar-refractivity contribution in [2.24, 2.45) is 0 Å². The summed E-state index contributed by atoms with van der Waals surface area (Å²) >= 11 is 0. The molecule has 10 heteroatoms. The van der Waals surface area contributed by atoms with Crippen molar-refractivity contribution in [1.29, 1.82) is 0 Å². The zero-order valence-electron chi connectivity index (χ0n) is 12.0. The molecule has 0 atom stereocenters. The summed E-state index contributed by atoms with van der Waals surface area (Å²) in [6.45, 7) is 1.31. The molecule has 24 heavy (non-hydrogen) atoms. The Morgan fingerprint density at radius 2 is 1.92 bits per heavy atom. The molecule has 0 aliphatic heterocycles. The second-order valence-corrected chi connectivity index (χ2v) is 6.79. The highest BCUT2D eigenvalue weighted by Crippen LogP contribution is 2.36. The van der Waals surface area contributed by atoms with Gasteiger partial charge in [-0.1, -0.05) is 0 Å². The number of aryl methyl sites for hydroxylation is 1. The van der Waals surface area contributed by atoms with Gasteiger partial charge in [0.05, 0.1) is 5.56 Å². The highest BCUT2D eigenvalue weighted by molar-refractivity contribution is 7.91. The van der Waals surface area contributed by atoms with E-state index in [9.17, 15) is 26.4 Å². The smallest absolute Gasteiger partial charge is 0.416 e. The minimum absolute atomic E-state index is 0.00712. The first-order chi connectivity index (χ1) is 11.1. The molecule has 0 unspecified atom stereocenters. The summed E-state index contributed by atoms with van der Waals surface area (Å²) in [6, 6.07) is 3.63. The maximum absolute atomic E-state index is 12.8. The van der Waals surface area contributed by atoms with Gasteiger partial charge in [0.2, 0.25) is 14.9 Å². The van der Waals surface area contributed by atoms with E-state index < -0.39 is 37.1 Å². The van der Waals surface area contributed by atoms with E-state index in [4.69, 9.17) is 4.42 Å². The second kappa shape index (κ2) is 5.20. The number of benzene rings is 1. The first-order valence-electron chi connectivity index (χ1n) is 6.51. The standard InChI is InChI=1S/C14H9F3N2O4S/c1-7-9-6-8(14(15,16)17)2-3-10(9)23-13(7)24(21,22)11-4-5-18-19-12(11)20/h2-6H,1H3,(H,19,20).